The third kappa shape index (κ3) is 3.56. The molecule has 1 unspecified atom stereocenters. The van der Waals surface area contributed by atoms with Gasteiger partial charge < -0.3 is 9.64 Å². The smallest absolute Gasteiger partial charge is 0.167 e. The molecule has 122 valence electrons. The zero-order valence-electron chi connectivity index (χ0n) is 14.0. The van der Waals surface area contributed by atoms with Gasteiger partial charge in [0.25, 0.3) is 0 Å². The van der Waals surface area contributed by atoms with E-state index in [0.29, 0.717) is 5.78 Å². The molecule has 0 aliphatic carbocycles. The normalized spacial score (nSPS) is 19.0. The topological polar surface area (TPSA) is 29.5 Å². The van der Waals surface area contributed by atoms with Gasteiger partial charge in [-0.1, -0.05) is 25.1 Å². The number of ketones is 1. The summed E-state index contributed by atoms with van der Waals surface area (Å²) < 4.78 is 5.26. The zero-order valence-corrected chi connectivity index (χ0v) is 14.0. The second kappa shape index (κ2) is 7.14. The highest BCUT2D eigenvalue weighted by Crippen LogP contribution is 2.25. The maximum absolute atomic E-state index is 12.9. The quantitative estimate of drug-likeness (QED) is 0.777. The fraction of sp³-hybridized carbons (Fsp3) is 0.450. The molecule has 1 aliphatic rings. The highest BCUT2D eigenvalue weighted by Gasteiger charge is 2.26. The number of likely N-dealkylation sites (tertiary alicyclic amines) is 1. The number of nitrogens with zero attached hydrogens (tertiary/aromatic N) is 1. The van der Waals surface area contributed by atoms with E-state index >= 15 is 0 Å². The largest absolute Gasteiger partial charge is 0.497 e. The SMILES string of the molecule is CCCN1CCCC(C(=O)c2ccc3cc(OC)ccc3c2)C1. The van der Waals surface area contributed by atoms with E-state index < -0.39 is 0 Å². The number of fused-ring (bicyclic) bond motifs is 1. The van der Waals surface area contributed by atoms with Crippen molar-refractivity contribution >= 4 is 16.6 Å². The van der Waals surface area contributed by atoms with Gasteiger partial charge in [-0.05, 0) is 61.3 Å². The predicted octanol–water partition coefficient (Wildman–Crippen LogP) is 4.15. The molecule has 2 aromatic carbocycles. The Morgan fingerprint density at radius 2 is 2.00 bits per heavy atom. The first-order chi connectivity index (χ1) is 11.2. The highest BCUT2D eigenvalue weighted by atomic mass is 16.5. The van der Waals surface area contributed by atoms with Crippen molar-refractivity contribution < 1.29 is 9.53 Å². The van der Waals surface area contributed by atoms with Crippen LogP contribution in [0.5, 0.6) is 5.75 Å². The first-order valence-electron chi connectivity index (χ1n) is 8.55. The van der Waals surface area contributed by atoms with E-state index in [2.05, 4.69) is 11.8 Å². The molecule has 0 bridgehead atoms. The second-order valence-electron chi connectivity index (χ2n) is 6.43. The summed E-state index contributed by atoms with van der Waals surface area (Å²) in [6.07, 6.45) is 3.29. The fourth-order valence-corrected chi connectivity index (χ4v) is 3.53. The molecular weight excluding hydrogens is 286 g/mol. The zero-order chi connectivity index (χ0) is 16.2. The Morgan fingerprint density at radius 1 is 1.22 bits per heavy atom. The van der Waals surface area contributed by atoms with Crippen molar-refractivity contribution in [2.75, 3.05) is 26.7 Å². The summed E-state index contributed by atoms with van der Waals surface area (Å²) in [6, 6.07) is 12.0. The van der Waals surface area contributed by atoms with Crippen molar-refractivity contribution in [1.82, 2.24) is 4.90 Å². The number of Topliss-reactive ketones (excluding diaryl/α,β-unsaturated/α-hetero) is 1. The summed E-state index contributed by atoms with van der Waals surface area (Å²) in [4.78, 5) is 15.3. The number of methoxy groups -OCH3 is 1. The van der Waals surface area contributed by atoms with Gasteiger partial charge in [0, 0.05) is 18.0 Å². The monoisotopic (exact) mass is 311 g/mol. The van der Waals surface area contributed by atoms with E-state index in [1.54, 1.807) is 7.11 Å². The number of benzene rings is 2. The Kier molecular flexibility index (Phi) is 4.97. The average Bonchev–Trinajstić information content (AvgIpc) is 2.60. The summed E-state index contributed by atoms with van der Waals surface area (Å²) >= 11 is 0. The van der Waals surface area contributed by atoms with E-state index in [1.807, 2.05) is 36.4 Å². The molecule has 0 N–H and O–H groups in total. The lowest BCUT2D eigenvalue weighted by molar-refractivity contribution is 0.0820. The van der Waals surface area contributed by atoms with Crippen LogP contribution < -0.4 is 4.74 Å². The third-order valence-electron chi connectivity index (χ3n) is 4.75. The molecule has 0 spiro atoms. The van der Waals surface area contributed by atoms with Crippen LogP contribution in [-0.4, -0.2) is 37.4 Å². The number of carbonyl (C=O) groups is 1. The first-order valence-corrected chi connectivity index (χ1v) is 8.55. The van der Waals surface area contributed by atoms with Gasteiger partial charge in [0.2, 0.25) is 0 Å². The first kappa shape index (κ1) is 16.0. The summed E-state index contributed by atoms with van der Waals surface area (Å²) in [7, 11) is 1.67. The predicted molar refractivity (Wildman–Crippen MR) is 94.3 cm³/mol. The van der Waals surface area contributed by atoms with Crippen molar-refractivity contribution in [3.05, 3.63) is 42.0 Å². The van der Waals surface area contributed by atoms with Crippen molar-refractivity contribution in [2.45, 2.75) is 26.2 Å². The minimum absolute atomic E-state index is 0.144. The van der Waals surface area contributed by atoms with Gasteiger partial charge in [0.1, 0.15) is 5.75 Å². The van der Waals surface area contributed by atoms with Gasteiger partial charge in [-0.3, -0.25) is 4.79 Å². The lowest BCUT2D eigenvalue weighted by Crippen LogP contribution is -2.39. The van der Waals surface area contributed by atoms with Crippen LogP contribution in [0.4, 0.5) is 0 Å². The Balaban J connectivity index is 1.80. The van der Waals surface area contributed by atoms with Crippen LogP contribution in [0.25, 0.3) is 10.8 Å². The molecule has 1 fully saturated rings. The van der Waals surface area contributed by atoms with E-state index in [-0.39, 0.29) is 5.92 Å². The molecular formula is C20H25NO2. The molecule has 0 saturated carbocycles. The number of piperidine rings is 1. The molecule has 1 atom stereocenters. The fourth-order valence-electron chi connectivity index (χ4n) is 3.53. The Hall–Kier alpha value is -1.87. The summed E-state index contributed by atoms with van der Waals surface area (Å²) in [5.74, 6) is 1.29. The van der Waals surface area contributed by atoms with Crippen molar-refractivity contribution in [1.29, 1.82) is 0 Å². The maximum Gasteiger partial charge on any atom is 0.167 e. The average molecular weight is 311 g/mol. The molecule has 3 nitrogen and oxygen atoms in total. The minimum atomic E-state index is 0.144. The van der Waals surface area contributed by atoms with Crippen molar-refractivity contribution in [3.8, 4) is 5.75 Å². The van der Waals surface area contributed by atoms with Crippen LogP contribution in [-0.2, 0) is 0 Å². The molecule has 0 amide bonds. The van der Waals surface area contributed by atoms with Crippen LogP contribution in [0.1, 0.15) is 36.5 Å². The molecule has 1 heterocycles. The molecule has 3 heteroatoms. The third-order valence-corrected chi connectivity index (χ3v) is 4.75. The highest BCUT2D eigenvalue weighted by molar-refractivity contribution is 6.01. The van der Waals surface area contributed by atoms with Crippen LogP contribution >= 0.6 is 0 Å². The number of hydrogen-bond donors (Lipinski definition) is 0. The number of ether oxygens (including phenoxy) is 1. The van der Waals surface area contributed by atoms with Gasteiger partial charge in [0.05, 0.1) is 7.11 Å². The number of rotatable bonds is 5. The molecule has 0 aromatic heterocycles. The lowest BCUT2D eigenvalue weighted by Gasteiger charge is -2.31. The molecule has 3 rings (SSSR count). The lowest BCUT2D eigenvalue weighted by atomic mass is 9.89. The summed E-state index contributed by atoms with van der Waals surface area (Å²) in [5, 5.41) is 2.20. The van der Waals surface area contributed by atoms with Gasteiger partial charge in [-0.15, -0.1) is 0 Å². The molecule has 0 radical (unpaired) electrons. The van der Waals surface area contributed by atoms with Crippen molar-refractivity contribution in [2.24, 2.45) is 5.92 Å². The van der Waals surface area contributed by atoms with Gasteiger partial charge >= 0.3 is 0 Å². The Morgan fingerprint density at radius 3 is 2.78 bits per heavy atom. The van der Waals surface area contributed by atoms with E-state index in [0.717, 1.165) is 61.0 Å². The molecule has 1 aliphatic heterocycles. The van der Waals surface area contributed by atoms with E-state index in [4.69, 9.17) is 4.74 Å². The second-order valence-corrected chi connectivity index (χ2v) is 6.43. The molecule has 23 heavy (non-hydrogen) atoms. The number of hydrogen-bond acceptors (Lipinski definition) is 3. The summed E-state index contributed by atoms with van der Waals surface area (Å²) in [6.45, 7) is 5.34. The van der Waals surface area contributed by atoms with Gasteiger partial charge in [-0.25, -0.2) is 0 Å². The van der Waals surface area contributed by atoms with E-state index in [9.17, 15) is 4.79 Å². The van der Waals surface area contributed by atoms with Crippen molar-refractivity contribution in [3.63, 3.8) is 0 Å². The molecule has 2 aromatic rings. The van der Waals surface area contributed by atoms with Crippen LogP contribution in [0.2, 0.25) is 0 Å². The van der Waals surface area contributed by atoms with Gasteiger partial charge in [-0.2, -0.15) is 0 Å². The summed E-state index contributed by atoms with van der Waals surface area (Å²) in [5.41, 5.74) is 0.839. The molecule has 1 saturated heterocycles. The van der Waals surface area contributed by atoms with E-state index in [1.165, 1.54) is 0 Å². The standard InChI is InChI=1S/C20H25NO2/c1-3-10-21-11-4-5-18(14-21)20(22)17-7-6-16-13-19(23-2)9-8-15(16)12-17/h6-9,12-13,18H,3-5,10-11,14H2,1-2H3. The Bertz CT molecular complexity index is 693. The van der Waals surface area contributed by atoms with Gasteiger partial charge in [0.15, 0.2) is 5.78 Å². The van der Waals surface area contributed by atoms with Crippen LogP contribution in [0.3, 0.4) is 0 Å². The van der Waals surface area contributed by atoms with Crippen LogP contribution in [0, 0.1) is 5.92 Å². The maximum atomic E-state index is 12.9. The minimum Gasteiger partial charge on any atom is -0.497 e. The number of carbonyl (C=O) groups excluding carboxylic acids is 1. The van der Waals surface area contributed by atoms with Crippen LogP contribution in [0.15, 0.2) is 36.4 Å². The Labute approximate surface area is 138 Å².